The highest BCUT2D eigenvalue weighted by atomic mass is 16.6. The molecule has 136 valence electrons. The number of nitrogens with zero attached hydrogens (tertiary/aromatic N) is 1. The fourth-order valence-corrected chi connectivity index (χ4v) is 2.46. The molecule has 0 unspecified atom stereocenters. The van der Waals surface area contributed by atoms with Gasteiger partial charge in [-0.2, -0.15) is 0 Å². The number of aromatic nitrogens is 1. The molecular formula is C18H20N4O4. The molecule has 2 amide bonds. The lowest BCUT2D eigenvalue weighted by Crippen LogP contribution is -2.34. The van der Waals surface area contributed by atoms with Crippen LogP contribution in [0.5, 0.6) is 11.5 Å². The first-order valence-corrected chi connectivity index (χ1v) is 8.27. The van der Waals surface area contributed by atoms with Crippen molar-refractivity contribution in [3.63, 3.8) is 0 Å². The lowest BCUT2D eigenvalue weighted by Gasteiger charge is -2.26. The van der Waals surface area contributed by atoms with Crippen molar-refractivity contribution in [3.05, 3.63) is 48.2 Å². The molecule has 2 aromatic rings. The fourth-order valence-electron chi connectivity index (χ4n) is 2.46. The number of benzene rings is 1. The van der Waals surface area contributed by atoms with E-state index in [4.69, 9.17) is 15.2 Å². The molecule has 2 heterocycles. The first-order valence-electron chi connectivity index (χ1n) is 8.27. The van der Waals surface area contributed by atoms with E-state index in [9.17, 15) is 9.59 Å². The van der Waals surface area contributed by atoms with E-state index < -0.39 is 5.91 Å². The lowest BCUT2D eigenvalue weighted by molar-refractivity contribution is -0.116. The maximum Gasteiger partial charge on any atom is 0.252 e. The van der Waals surface area contributed by atoms with Gasteiger partial charge in [-0.25, -0.2) is 4.98 Å². The van der Waals surface area contributed by atoms with Gasteiger partial charge in [-0.1, -0.05) is 12.1 Å². The van der Waals surface area contributed by atoms with Crippen LogP contribution >= 0.6 is 0 Å². The summed E-state index contributed by atoms with van der Waals surface area (Å²) in [6.45, 7) is 0.899. The number of amides is 2. The number of nitrogens with two attached hydrogens (primary N) is 1. The first-order chi connectivity index (χ1) is 12.6. The molecule has 8 nitrogen and oxygen atoms in total. The van der Waals surface area contributed by atoms with Crippen molar-refractivity contribution in [2.24, 2.45) is 5.73 Å². The smallest absolute Gasteiger partial charge is 0.252 e. The Balaban J connectivity index is 1.43. The molecule has 3 rings (SSSR count). The topological polar surface area (TPSA) is 116 Å². The van der Waals surface area contributed by atoms with E-state index in [1.165, 1.54) is 6.20 Å². The quantitative estimate of drug-likeness (QED) is 0.680. The Morgan fingerprint density at radius 1 is 1.19 bits per heavy atom. The standard InChI is InChI=1S/C18H20N4O4/c19-16(23)10-22-17-6-5-12(9-21-17)18(24)20-8-7-13-11-25-14-3-1-2-4-15(14)26-13/h1-6,9,13H,7-8,10-11H2,(H2,19,23)(H,20,24)(H,21,22)/t13-/m1/s1. The van der Waals surface area contributed by atoms with Crippen LogP contribution in [-0.2, 0) is 4.79 Å². The molecular weight excluding hydrogens is 336 g/mol. The second kappa shape index (κ2) is 8.19. The van der Waals surface area contributed by atoms with Gasteiger partial charge in [0, 0.05) is 19.2 Å². The van der Waals surface area contributed by atoms with Crippen molar-refractivity contribution in [1.29, 1.82) is 0 Å². The van der Waals surface area contributed by atoms with Gasteiger partial charge >= 0.3 is 0 Å². The monoisotopic (exact) mass is 356 g/mol. The Morgan fingerprint density at radius 2 is 2.00 bits per heavy atom. The van der Waals surface area contributed by atoms with Crippen molar-refractivity contribution in [2.45, 2.75) is 12.5 Å². The van der Waals surface area contributed by atoms with Crippen molar-refractivity contribution < 1.29 is 19.1 Å². The van der Waals surface area contributed by atoms with Crippen LogP contribution in [0.1, 0.15) is 16.8 Å². The molecule has 8 heteroatoms. The number of hydrogen-bond acceptors (Lipinski definition) is 6. The van der Waals surface area contributed by atoms with E-state index in [0.29, 0.717) is 31.0 Å². The number of fused-ring (bicyclic) bond motifs is 1. The molecule has 1 aliphatic rings. The van der Waals surface area contributed by atoms with E-state index in [1.807, 2.05) is 24.3 Å². The van der Waals surface area contributed by atoms with Gasteiger partial charge in [0.25, 0.3) is 5.91 Å². The van der Waals surface area contributed by atoms with Crippen LogP contribution in [0.4, 0.5) is 5.82 Å². The molecule has 1 aromatic carbocycles. The average molecular weight is 356 g/mol. The van der Waals surface area contributed by atoms with Crippen molar-refractivity contribution in [1.82, 2.24) is 10.3 Å². The summed E-state index contributed by atoms with van der Waals surface area (Å²) in [5.74, 6) is 1.23. The van der Waals surface area contributed by atoms with Gasteiger partial charge in [-0.3, -0.25) is 9.59 Å². The van der Waals surface area contributed by atoms with Crippen LogP contribution < -0.4 is 25.8 Å². The van der Waals surface area contributed by atoms with Gasteiger partial charge in [0.1, 0.15) is 18.5 Å². The summed E-state index contributed by atoms with van der Waals surface area (Å²) in [4.78, 5) is 26.9. The highest BCUT2D eigenvalue weighted by Crippen LogP contribution is 2.31. The summed E-state index contributed by atoms with van der Waals surface area (Å²) >= 11 is 0. The summed E-state index contributed by atoms with van der Waals surface area (Å²) in [5.41, 5.74) is 5.48. The van der Waals surface area contributed by atoms with Crippen LogP contribution in [0.15, 0.2) is 42.6 Å². The summed E-state index contributed by atoms with van der Waals surface area (Å²) < 4.78 is 11.5. The first kappa shape index (κ1) is 17.5. The van der Waals surface area contributed by atoms with E-state index in [2.05, 4.69) is 15.6 Å². The maximum atomic E-state index is 12.1. The Kier molecular flexibility index (Phi) is 5.52. The predicted octanol–water partition coefficient (Wildman–Crippen LogP) is 0.939. The second-order valence-electron chi connectivity index (χ2n) is 5.79. The number of hydrogen-bond donors (Lipinski definition) is 3. The minimum absolute atomic E-state index is 0.00880. The summed E-state index contributed by atoms with van der Waals surface area (Å²) in [6.07, 6.45) is 1.96. The van der Waals surface area contributed by atoms with E-state index in [0.717, 1.165) is 11.5 Å². The molecule has 4 N–H and O–H groups in total. The highest BCUT2D eigenvalue weighted by molar-refractivity contribution is 5.94. The third kappa shape index (κ3) is 4.62. The molecule has 0 saturated heterocycles. The van der Waals surface area contributed by atoms with Gasteiger partial charge in [-0.15, -0.1) is 0 Å². The van der Waals surface area contributed by atoms with Crippen LogP contribution in [0.2, 0.25) is 0 Å². The normalized spacial score (nSPS) is 15.2. The zero-order chi connectivity index (χ0) is 18.4. The molecule has 0 saturated carbocycles. The molecule has 26 heavy (non-hydrogen) atoms. The van der Waals surface area contributed by atoms with Crippen molar-refractivity contribution >= 4 is 17.6 Å². The molecule has 1 aliphatic heterocycles. The van der Waals surface area contributed by atoms with Crippen LogP contribution in [0.3, 0.4) is 0 Å². The summed E-state index contributed by atoms with van der Waals surface area (Å²) in [5, 5.41) is 5.59. The number of pyridine rings is 1. The molecule has 0 radical (unpaired) electrons. The molecule has 0 aliphatic carbocycles. The molecule has 0 spiro atoms. The van der Waals surface area contributed by atoms with E-state index >= 15 is 0 Å². The fraction of sp³-hybridized carbons (Fsp3) is 0.278. The number of nitrogens with one attached hydrogen (secondary N) is 2. The number of primary amides is 1. The maximum absolute atomic E-state index is 12.1. The van der Waals surface area contributed by atoms with Gasteiger partial charge < -0.3 is 25.8 Å². The van der Waals surface area contributed by atoms with Gasteiger partial charge in [0.05, 0.1) is 12.1 Å². The number of para-hydroxylation sites is 2. The SMILES string of the molecule is NC(=O)CNc1ccc(C(=O)NCC[C@@H]2COc3ccccc3O2)cn1. The third-order valence-corrected chi connectivity index (χ3v) is 3.79. The summed E-state index contributed by atoms with van der Waals surface area (Å²) in [6, 6.07) is 10.8. The summed E-state index contributed by atoms with van der Waals surface area (Å²) in [7, 11) is 0. The Hall–Kier alpha value is -3.29. The highest BCUT2D eigenvalue weighted by Gasteiger charge is 2.20. The number of carbonyl (C=O) groups is 2. The van der Waals surface area contributed by atoms with Crippen molar-refractivity contribution in [3.8, 4) is 11.5 Å². The molecule has 1 aromatic heterocycles. The minimum Gasteiger partial charge on any atom is -0.486 e. The van der Waals surface area contributed by atoms with E-state index in [-0.39, 0.29) is 18.6 Å². The Bertz CT molecular complexity index is 779. The van der Waals surface area contributed by atoms with Gasteiger partial charge in [0.15, 0.2) is 11.5 Å². The van der Waals surface area contributed by atoms with Crippen LogP contribution in [0.25, 0.3) is 0 Å². The van der Waals surface area contributed by atoms with Crippen molar-refractivity contribution in [2.75, 3.05) is 25.0 Å². The second-order valence-corrected chi connectivity index (χ2v) is 5.79. The Morgan fingerprint density at radius 3 is 2.73 bits per heavy atom. The third-order valence-electron chi connectivity index (χ3n) is 3.79. The lowest BCUT2D eigenvalue weighted by atomic mass is 10.2. The zero-order valence-corrected chi connectivity index (χ0v) is 14.1. The predicted molar refractivity (Wildman–Crippen MR) is 95.2 cm³/mol. The van der Waals surface area contributed by atoms with E-state index in [1.54, 1.807) is 12.1 Å². The minimum atomic E-state index is -0.481. The molecule has 1 atom stereocenters. The number of rotatable bonds is 7. The zero-order valence-electron chi connectivity index (χ0n) is 14.1. The number of carbonyl (C=O) groups excluding carboxylic acids is 2. The van der Waals surface area contributed by atoms with Crippen LogP contribution in [-0.4, -0.2) is 42.6 Å². The molecule has 0 fully saturated rings. The Labute approximate surface area is 150 Å². The van der Waals surface area contributed by atoms with Crippen LogP contribution in [0, 0.1) is 0 Å². The van der Waals surface area contributed by atoms with Gasteiger partial charge in [0.2, 0.25) is 5.91 Å². The number of anilines is 1. The number of ether oxygens (including phenoxy) is 2. The van der Waals surface area contributed by atoms with Gasteiger partial charge in [-0.05, 0) is 24.3 Å². The molecule has 0 bridgehead atoms. The average Bonchev–Trinajstić information content (AvgIpc) is 2.66. The largest absolute Gasteiger partial charge is 0.486 e.